The Morgan fingerprint density at radius 3 is 2.49 bits per heavy atom. The van der Waals surface area contributed by atoms with Gasteiger partial charge in [0, 0.05) is 23.0 Å². The number of anilines is 2. The van der Waals surface area contributed by atoms with Crippen molar-refractivity contribution >= 4 is 46.0 Å². The van der Waals surface area contributed by atoms with Gasteiger partial charge in [-0.05, 0) is 12.1 Å². The summed E-state index contributed by atoms with van der Waals surface area (Å²) in [6, 6.07) is 7.00. The number of phosphoric acid groups is 3. The molecule has 21 heteroatoms. The van der Waals surface area contributed by atoms with Crippen molar-refractivity contribution in [2.45, 2.75) is 24.5 Å². The zero-order chi connectivity index (χ0) is 28.3. The molecule has 1 saturated heterocycles. The van der Waals surface area contributed by atoms with E-state index in [-0.39, 0.29) is 0 Å². The van der Waals surface area contributed by atoms with E-state index < -0.39 is 54.6 Å². The van der Waals surface area contributed by atoms with Gasteiger partial charge in [-0.1, -0.05) is 6.07 Å². The summed E-state index contributed by atoms with van der Waals surface area (Å²) in [5.41, 5.74) is 2.62. The molecule has 208 valence electrons. The topological polar surface area (TPSA) is 276 Å². The summed E-state index contributed by atoms with van der Waals surface area (Å²) < 4.78 is 53.2. The van der Waals surface area contributed by atoms with Gasteiger partial charge in [0.1, 0.15) is 36.1 Å². The van der Waals surface area contributed by atoms with Crippen LogP contribution in [0.25, 0.3) is 22.2 Å². The maximum Gasteiger partial charge on any atom is 0.490 e. The van der Waals surface area contributed by atoms with E-state index in [0.717, 1.165) is 0 Å². The van der Waals surface area contributed by atoms with Gasteiger partial charge in [-0.25, -0.2) is 23.7 Å². The van der Waals surface area contributed by atoms with E-state index in [0.29, 0.717) is 39.2 Å². The number of rotatable bonds is 8. The fraction of sp³-hybridized carbons (Fsp3) is 0.278. The Labute approximate surface area is 217 Å². The van der Waals surface area contributed by atoms with Gasteiger partial charge in [0.05, 0.1) is 23.6 Å². The molecule has 0 saturated carbocycles. The number of nitrogens with one attached hydrogen (secondary N) is 1. The number of hydrogen-bond acceptors (Lipinski definition) is 13. The van der Waals surface area contributed by atoms with Crippen LogP contribution in [0.3, 0.4) is 0 Å². The molecular formula is C18H18N5O13P3. The molecular weight excluding hydrogens is 587 g/mol. The van der Waals surface area contributed by atoms with Crippen molar-refractivity contribution in [1.29, 1.82) is 5.26 Å². The normalized spacial score (nSPS) is 25.4. The molecule has 0 radical (unpaired) electrons. The predicted molar refractivity (Wildman–Crippen MR) is 127 cm³/mol. The molecule has 18 nitrogen and oxygen atoms in total. The second-order valence-electron chi connectivity index (χ2n) is 8.30. The number of phosphoric ester groups is 1. The van der Waals surface area contributed by atoms with E-state index >= 15 is 0 Å². The molecule has 6 atom stereocenters. The summed E-state index contributed by atoms with van der Waals surface area (Å²) in [4.78, 5) is 44.6. The van der Waals surface area contributed by atoms with Crippen LogP contribution in [0.1, 0.15) is 11.8 Å². The van der Waals surface area contributed by atoms with Gasteiger partial charge >= 0.3 is 23.5 Å². The lowest BCUT2D eigenvalue weighted by Crippen LogP contribution is -2.33. The molecule has 0 aliphatic carbocycles. The third-order valence-electron chi connectivity index (χ3n) is 5.73. The minimum atomic E-state index is -5.74. The summed E-state index contributed by atoms with van der Waals surface area (Å²) >= 11 is 0. The van der Waals surface area contributed by atoms with E-state index in [2.05, 4.69) is 28.4 Å². The molecule has 1 fully saturated rings. The van der Waals surface area contributed by atoms with E-state index in [1.807, 2.05) is 6.07 Å². The van der Waals surface area contributed by atoms with Crippen LogP contribution in [0.4, 0.5) is 11.5 Å². The third-order valence-corrected chi connectivity index (χ3v) is 9.53. The van der Waals surface area contributed by atoms with Gasteiger partial charge in [-0.15, -0.1) is 0 Å². The lowest BCUT2D eigenvalue weighted by atomic mass is 9.99. The first-order valence-electron chi connectivity index (χ1n) is 10.6. The molecule has 7 N–H and O–H groups in total. The Balaban J connectivity index is 1.38. The van der Waals surface area contributed by atoms with Gasteiger partial charge in [0.2, 0.25) is 0 Å². The molecule has 2 aliphatic rings. The van der Waals surface area contributed by atoms with Crippen LogP contribution in [-0.4, -0.2) is 69.2 Å². The highest BCUT2D eigenvalue weighted by molar-refractivity contribution is 7.66. The average Bonchev–Trinajstić information content (AvgIpc) is 3.34. The molecule has 3 aromatic rings. The summed E-state index contributed by atoms with van der Waals surface area (Å²) in [7, 11) is -16.8. The van der Waals surface area contributed by atoms with Gasteiger partial charge < -0.3 is 44.4 Å². The summed E-state index contributed by atoms with van der Waals surface area (Å²) in [6.45, 7) is -0.966. The first-order chi connectivity index (χ1) is 18.2. The van der Waals surface area contributed by atoms with Crippen molar-refractivity contribution in [3.05, 3.63) is 36.3 Å². The van der Waals surface area contributed by atoms with Gasteiger partial charge in [0.15, 0.2) is 6.23 Å². The van der Waals surface area contributed by atoms with Crippen molar-refractivity contribution < 1.29 is 61.4 Å². The van der Waals surface area contributed by atoms with E-state index in [1.54, 1.807) is 24.4 Å². The van der Waals surface area contributed by atoms with Crippen LogP contribution in [0, 0.1) is 11.3 Å². The van der Waals surface area contributed by atoms with Crippen LogP contribution in [0.15, 0.2) is 30.7 Å². The summed E-state index contributed by atoms with van der Waals surface area (Å²) in [6.07, 6.45) is -3.26. The summed E-state index contributed by atoms with van der Waals surface area (Å²) in [5.74, 6) is 0.411. The number of hydrogen-bond donors (Lipinski definition) is 7. The zero-order valence-electron chi connectivity index (χ0n) is 19.1. The van der Waals surface area contributed by atoms with Crippen LogP contribution in [-0.2, 0) is 31.6 Å². The minimum Gasteiger partial charge on any atom is -0.387 e. The summed E-state index contributed by atoms with van der Waals surface area (Å²) in [5, 5.41) is 34.1. The molecule has 0 amide bonds. The highest BCUT2D eigenvalue weighted by atomic mass is 31.3. The van der Waals surface area contributed by atoms with Crippen LogP contribution < -0.4 is 5.32 Å². The second kappa shape index (κ2) is 9.81. The monoisotopic (exact) mass is 605 g/mol. The van der Waals surface area contributed by atoms with Gasteiger partial charge in [0.25, 0.3) is 0 Å². The number of aromatic nitrogens is 3. The number of aliphatic hydroxyl groups excluding tert-OH is 2. The van der Waals surface area contributed by atoms with E-state index in [9.17, 15) is 39.0 Å². The van der Waals surface area contributed by atoms with E-state index in [4.69, 9.17) is 14.5 Å². The molecule has 39 heavy (non-hydrogen) atoms. The quantitative estimate of drug-likeness (QED) is 0.138. The number of aliphatic hydroxyl groups is 2. The second-order valence-corrected chi connectivity index (χ2v) is 12.7. The predicted octanol–water partition coefficient (Wildman–Crippen LogP) is 0.989. The molecule has 2 aliphatic heterocycles. The van der Waals surface area contributed by atoms with Crippen molar-refractivity contribution in [3.8, 4) is 17.2 Å². The Morgan fingerprint density at radius 1 is 1.05 bits per heavy atom. The number of ether oxygens (including phenoxy) is 1. The standard InChI is InChI=1S/C18H18N5O13P3/c19-4-8-1-2-9-10-5-23(17-13(10)16(20-7-21-17)22-11(9)3-8)18-15(25)14(24)12(34-18)6-33-38(29,30)36-39(31,32)35-37(26,27)28/h1-3,5,7,12,14-15,18,24-25H,6H2,(H,29,30)(H,31,32)(H,20,21,22)(H2,26,27,28). The van der Waals surface area contributed by atoms with Crippen molar-refractivity contribution in [3.63, 3.8) is 0 Å². The van der Waals surface area contributed by atoms with E-state index in [1.165, 1.54) is 10.9 Å². The average molecular weight is 605 g/mol. The van der Waals surface area contributed by atoms with Gasteiger partial charge in [-0.3, -0.25) is 4.52 Å². The lowest BCUT2D eigenvalue weighted by molar-refractivity contribution is -0.0500. The van der Waals surface area contributed by atoms with Crippen LogP contribution in [0.2, 0.25) is 0 Å². The SMILES string of the molecule is N#Cc1ccc2c(c1)Nc1ncnc3c1c-2cn3C1OC(COP(=O)(O)OP(=O)(O)OP(=O)(O)O)C(O)C1O. The molecule has 0 spiro atoms. The Bertz CT molecular complexity index is 1650. The Hall–Kier alpha value is -2.58. The maximum atomic E-state index is 12.0. The molecule has 4 heterocycles. The smallest absolute Gasteiger partial charge is 0.387 e. The fourth-order valence-electron chi connectivity index (χ4n) is 4.23. The number of nitriles is 1. The van der Waals surface area contributed by atoms with Crippen molar-refractivity contribution in [1.82, 2.24) is 14.5 Å². The van der Waals surface area contributed by atoms with Crippen LogP contribution >= 0.6 is 23.5 Å². The highest BCUT2D eigenvalue weighted by Crippen LogP contribution is 2.66. The number of fused-ring (bicyclic) bond motifs is 2. The Kier molecular flexibility index (Phi) is 7.03. The molecule has 2 aromatic heterocycles. The third kappa shape index (κ3) is 5.55. The van der Waals surface area contributed by atoms with Crippen LogP contribution in [0.5, 0.6) is 0 Å². The lowest BCUT2D eigenvalue weighted by Gasteiger charge is -2.19. The molecule has 0 bridgehead atoms. The first-order valence-corrected chi connectivity index (χ1v) is 15.2. The Morgan fingerprint density at radius 2 is 1.79 bits per heavy atom. The number of nitrogens with zero attached hydrogens (tertiary/aromatic N) is 4. The van der Waals surface area contributed by atoms with Crippen molar-refractivity contribution in [2.24, 2.45) is 0 Å². The zero-order valence-corrected chi connectivity index (χ0v) is 21.8. The minimum absolute atomic E-state index is 0.294. The fourth-order valence-corrected chi connectivity index (χ4v) is 7.25. The number of benzene rings is 1. The molecule has 6 unspecified atom stereocenters. The van der Waals surface area contributed by atoms with Gasteiger partial charge in [-0.2, -0.15) is 13.9 Å². The van der Waals surface area contributed by atoms with Crippen molar-refractivity contribution in [2.75, 3.05) is 11.9 Å². The highest BCUT2D eigenvalue weighted by Gasteiger charge is 2.47. The molecule has 1 aromatic carbocycles. The largest absolute Gasteiger partial charge is 0.490 e. The molecule has 5 rings (SSSR count). The maximum absolute atomic E-state index is 12.0. The first kappa shape index (κ1) is 28.0.